The number of hydrogen-bond donors (Lipinski definition) is 0. The van der Waals surface area contributed by atoms with E-state index in [-0.39, 0.29) is 0 Å². The first-order valence-corrected chi connectivity index (χ1v) is 6.95. The van der Waals surface area contributed by atoms with Gasteiger partial charge in [0.05, 0.1) is 18.8 Å². The minimum absolute atomic E-state index is 0.794. The summed E-state index contributed by atoms with van der Waals surface area (Å²) in [6.45, 7) is 1.71. The van der Waals surface area contributed by atoms with Crippen LogP contribution in [0.5, 0.6) is 0 Å². The highest BCUT2D eigenvalue weighted by Crippen LogP contribution is 2.34. The highest BCUT2D eigenvalue weighted by atomic mass is 15.8. The molecule has 0 atom stereocenters. The fraction of sp³-hybridized carbons (Fsp3) is 0.615. The lowest BCUT2D eigenvalue weighted by atomic mass is 9.94. The largest absolute Gasteiger partial charge is 0.347 e. The van der Waals surface area contributed by atoms with Crippen LogP contribution in [-0.2, 0) is 0 Å². The molecule has 0 bridgehead atoms. The molecule has 0 fully saturated rings. The van der Waals surface area contributed by atoms with Crippen LogP contribution in [0.4, 0.5) is 0 Å². The van der Waals surface area contributed by atoms with Crippen LogP contribution in [0.15, 0.2) is 26.2 Å². The Labute approximate surface area is 112 Å². The predicted octanol–water partition coefficient (Wildman–Crippen LogP) is 1.05. The highest BCUT2D eigenvalue weighted by molar-refractivity contribution is 6.17. The summed E-state index contributed by atoms with van der Waals surface area (Å²) >= 11 is 0. The Morgan fingerprint density at radius 3 is 2.79 bits per heavy atom. The molecule has 0 aromatic heterocycles. The number of amidine groups is 1. The van der Waals surface area contributed by atoms with Gasteiger partial charge in [0.25, 0.3) is 5.96 Å². The van der Waals surface area contributed by atoms with E-state index in [1.165, 1.54) is 24.1 Å². The molecule has 100 valence electrons. The molecular weight excluding hydrogens is 240 g/mol. The summed E-state index contributed by atoms with van der Waals surface area (Å²) in [5, 5.41) is 4.29. The second-order valence-corrected chi connectivity index (χ2v) is 5.49. The Balaban J connectivity index is 1.85. The number of hydrogen-bond acceptors (Lipinski definition) is 6. The highest BCUT2D eigenvalue weighted by Gasteiger charge is 2.41. The van der Waals surface area contributed by atoms with Gasteiger partial charge in [0.15, 0.2) is 5.84 Å². The summed E-state index contributed by atoms with van der Waals surface area (Å²) in [5.74, 6) is 2.85. The second-order valence-electron chi connectivity index (χ2n) is 5.49. The van der Waals surface area contributed by atoms with Crippen LogP contribution in [0.3, 0.4) is 0 Å². The smallest absolute Gasteiger partial charge is 0.254 e. The molecule has 0 aromatic rings. The third-order valence-electron chi connectivity index (χ3n) is 3.98. The van der Waals surface area contributed by atoms with Crippen LogP contribution in [-0.4, -0.2) is 59.9 Å². The van der Waals surface area contributed by atoms with Gasteiger partial charge >= 0.3 is 0 Å². The summed E-state index contributed by atoms with van der Waals surface area (Å²) in [7, 11) is 4.05. The first kappa shape index (κ1) is 11.0. The first-order chi connectivity index (χ1) is 9.25. The Hall–Kier alpha value is -1.85. The van der Waals surface area contributed by atoms with Gasteiger partial charge in [-0.25, -0.2) is 10.0 Å². The molecule has 6 nitrogen and oxygen atoms in total. The zero-order chi connectivity index (χ0) is 13.0. The lowest BCUT2D eigenvalue weighted by Crippen LogP contribution is -2.55. The zero-order valence-corrected chi connectivity index (χ0v) is 11.4. The maximum absolute atomic E-state index is 4.77. The van der Waals surface area contributed by atoms with Gasteiger partial charge in [-0.3, -0.25) is 4.99 Å². The van der Waals surface area contributed by atoms with Gasteiger partial charge in [0.2, 0.25) is 5.96 Å². The van der Waals surface area contributed by atoms with Crippen molar-refractivity contribution in [3.05, 3.63) is 11.3 Å². The van der Waals surface area contributed by atoms with Gasteiger partial charge in [-0.2, -0.15) is 10.0 Å². The van der Waals surface area contributed by atoms with E-state index in [0.717, 1.165) is 43.7 Å². The van der Waals surface area contributed by atoms with Crippen LogP contribution in [0.1, 0.15) is 25.7 Å². The van der Waals surface area contributed by atoms with Crippen LogP contribution in [0.2, 0.25) is 0 Å². The molecule has 0 saturated heterocycles. The van der Waals surface area contributed by atoms with Crippen molar-refractivity contribution >= 4 is 17.8 Å². The lowest BCUT2D eigenvalue weighted by Gasteiger charge is -2.39. The van der Waals surface area contributed by atoms with E-state index < -0.39 is 0 Å². The van der Waals surface area contributed by atoms with Gasteiger partial charge in [0.1, 0.15) is 0 Å². The average Bonchev–Trinajstić information content (AvgIpc) is 2.80. The van der Waals surface area contributed by atoms with Gasteiger partial charge < -0.3 is 4.90 Å². The van der Waals surface area contributed by atoms with Crippen molar-refractivity contribution in [3.63, 3.8) is 0 Å². The summed E-state index contributed by atoms with van der Waals surface area (Å²) in [4.78, 5) is 16.2. The number of guanidine groups is 2. The van der Waals surface area contributed by atoms with Crippen molar-refractivity contribution in [1.29, 1.82) is 0 Å². The van der Waals surface area contributed by atoms with Crippen LogP contribution in [0, 0.1) is 0 Å². The third-order valence-corrected chi connectivity index (χ3v) is 3.98. The van der Waals surface area contributed by atoms with Crippen molar-refractivity contribution in [2.75, 3.05) is 27.2 Å². The molecule has 3 aliphatic heterocycles. The number of allylic oxidation sites excluding steroid dienone is 1. The molecule has 4 rings (SSSR count). The molecule has 1 aliphatic carbocycles. The Bertz CT molecular complexity index is 553. The van der Waals surface area contributed by atoms with Crippen molar-refractivity contribution in [1.82, 2.24) is 14.9 Å². The van der Waals surface area contributed by atoms with Gasteiger partial charge in [-0.15, -0.1) is 0 Å². The normalized spacial score (nSPS) is 24.6. The maximum atomic E-state index is 4.77. The molecule has 0 radical (unpaired) electrons. The van der Waals surface area contributed by atoms with E-state index in [1.54, 1.807) is 0 Å². The van der Waals surface area contributed by atoms with E-state index in [2.05, 4.69) is 15.0 Å². The lowest BCUT2D eigenvalue weighted by molar-refractivity contribution is 0.200. The Kier molecular flexibility index (Phi) is 2.22. The molecule has 0 saturated carbocycles. The Morgan fingerprint density at radius 1 is 1.11 bits per heavy atom. The molecule has 0 unspecified atom stereocenters. The SMILES string of the molecule is CN(C)C1=NC2=NC3=C(CCCC3)C3=NCCN1N23. The Morgan fingerprint density at radius 2 is 1.95 bits per heavy atom. The fourth-order valence-corrected chi connectivity index (χ4v) is 3.12. The predicted molar refractivity (Wildman–Crippen MR) is 74.9 cm³/mol. The number of fused-ring (bicyclic) bond motifs is 1. The topological polar surface area (TPSA) is 46.8 Å². The quantitative estimate of drug-likeness (QED) is 0.652. The molecule has 0 N–H and O–H groups in total. The van der Waals surface area contributed by atoms with Crippen LogP contribution >= 0.6 is 0 Å². The summed E-state index contributed by atoms with van der Waals surface area (Å²) in [6.07, 6.45) is 4.65. The molecular formula is C13H18N6. The fourth-order valence-electron chi connectivity index (χ4n) is 3.12. The molecule has 6 heteroatoms. The summed E-state index contributed by atoms with van der Waals surface area (Å²) in [6, 6.07) is 0. The van der Waals surface area contributed by atoms with Gasteiger partial charge in [0, 0.05) is 19.7 Å². The van der Waals surface area contributed by atoms with E-state index in [1.807, 2.05) is 19.0 Å². The van der Waals surface area contributed by atoms with Gasteiger partial charge in [-0.05, 0) is 25.7 Å². The average molecular weight is 258 g/mol. The van der Waals surface area contributed by atoms with E-state index in [9.17, 15) is 0 Å². The molecule has 3 heterocycles. The number of aliphatic imine (C=N–C) groups is 3. The first-order valence-electron chi connectivity index (χ1n) is 6.95. The maximum Gasteiger partial charge on any atom is 0.254 e. The summed E-state index contributed by atoms with van der Waals surface area (Å²) in [5.41, 5.74) is 2.55. The second kappa shape index (κ2) is 3.82. The third kappa shape index (κ3) is 1.45. The van der Waals surface area contributed by atoms with Crippen LogP contribution < -0.4 is 0 Å². The van der Waals surface area contributed by atoms with Crippen molar-refractivity contribution < 1.29 is 0 Å². The number of hydrazine groups is 1. The molecule has 19 heavy (non-hydrogen) atoms. The van der Waals surface area contributed by atoms with Gasteiger partial charge in [-0.1, -0.05) is 0 Å². The van der Waals surface area contributed by atoms with E-state index in [0.29, 0.717) is 0 Å². The number of nitrogens with zero attached hydrogens (tertiary/aromatic N) is 6. The van der Waals surface area contributed by atoms with Crippen molar-refractivity contribution in [3.8, 4) is 0 Å². The summed E-state index contributed by atoms with van der Waals surface area (Å²) < 4.78 is 0. The molecule has 0 amide bonds. The van der Waals surface area contributed by atoms with Crippen molar-refractivity contribution in [2.45, 2.75) is 25.7 Å². The zero-order valence-electron chi connectivity index (χ0n) is 11.4. The standard InChI is InChI=1S/C13H18N6/c1-17(2)13-16-12-15-10-6-4-3-5-9(10)11-14-7-8-18(13)19(11)12/h3-8H2,1-2H3. The monoisotopic (exact) mass is 258 g/mol. The van der Waals surface area contributed by atoms with Crippen molar-refractivity contribution in [2.24, 2.45) is 15.0 Å². The molecule has 0 spiro atoms. The minimum atomic E-state index is 0.794. The molecule has 0 aromatic carbocycles. The molecule has 4 aliphatic rings. The van der Waals surface area contributed by atoms with E-state index >= 15 is 0 Å². The number of rotatable bonds is 0. The van der Waals surface area contributed by atoms with E-state index in [4.69, 9.17) is 9.98 Å². The minimum Gasteiger partial charge on any atom is -0.347 e. The van der Waals surface area contributed by atoms with Crippen LogP contribution in [0.25, 0.3) is 0 Å².